The smallest absolute Gasteiger partial charge is 0.268 e. The number of rotatable bonds is 5. The van der Waals surface area contributed by atoms with E-state index in [0.29, 0.717) is 21.9 Å². The summed E-state index contributed by atoms with van der Waals surface area (Å²) in [6, 6.07) is 20.3. The van der Waals surface area contributed by atoms with E-state index in [1.807, 2.05) is 60.0 Å². The summed E-state index contributed by atoms with van der Waals surface area (Å²) in [6.45, 7) is 0.136. The molecule has 0 unspecified atom stereocenters. The molecule has 140 valence electrons. The molecule has 2 aromatic heterocycles. The number of fused-ring (bicyclic) bond motifs is 1. The van der Waals surface area contributed by atoms with Gasteiger partial charge in [0.15, 0.2) is 0 Å². The molecule has 0 bridgehead atoms. The van der Waals surface area contributed by atoms with E-state index >= 15 is 0 Å². The summed E-state index contributed by atoms with van der Waals surface area (Å²) in [5, 5.41) is 2.77. The number of ether oxygens (including phenoxy) is 1. The van der Waals surface area contributed by atoms with Crippen molar-refractivity contribution in [1.29, 1.82) is 0 Å². The molecule has 5 nitrogen and oxygen atoms in total. The average molecular weight is 390 g/mol. The monoisotopic (exact) mass is 390 g/mol. The predicted molar refractivity (Wildman–Crippen MR) is 112 cm³/mol. The fourth-order valence-corrected chi connectivity index (χ4v) is 3.80. The number of nitrogens with zero attached hydrogens (tertiary/aromatic N) is 1. The Kier molecular flexibility index (Phi) is 4.95. The molecule has 1 N–H and O–H groups in total. The van der Waals surface area contributed by atoms with Crippen molar-refractivity contribution in [2.75, 3.05) is 12.0 Å². The Balaban J connectivity index is 1.81. The second-order valence-electron chi connectivity index (χ2n) is 6.25. The van der Waals surface area contributed by atoms with Crippen LogP contribution in [0.5, 0.6) is 5.75 Å². The molecule has 0 radical (unpaired) electrons. The molecule has 6 heteroatoms. The van der Waals surface area contributed by atoms with Crippen LogP contribution < -0.4 is 15.2 Å². The van der Waals surface area contributed by atoms with E-state index in [1.165, 1.54) is 11.3 Å². The number of aromatic amines is 1. The molecule has 0 saturated carbocycles. The number of carbonyl (C=O) groups excluding carboxylic acids is 1. The van der Waals surface area contributed by atoms with Crippen LogP contribution in [0.2, 0.25) is 0 Å². The minimum absolute atomic E-state index is 0.136. The van der Waals surface area contributed by atoms with Gasteiger partial charge in [-0.3, -0.25) is 14.5 Å². The summed E-state index contributed by atoms with van der Waals surface area (Å²) in [7, 11) is 1.56. The van der Waals surface area contributed by atoms with Crippen molar-refractivity contribution < 1.29 is 9.53 Å². The number of anilines is 1. The van der Waals surface area contributed by atoms with Gasteiger partial charge in [0.1, 0.15) is 5.75 Å². The summed E-state index contributed by atoms with van der Waals surface area (Å²) in [5.74, 6) is 0.400. The van der Waals surface area contributed by atoms with Crippen molar-refractivity contribution in [3.8, 4) is 5.75 Å². The van der Waals surface area contributed by atoms with E-state index in [2.05, 4.69) is 4.98 Å². The standard InChI is InChI=1S/C22H18N2O3S/c1-27-19-10-5-4-9-18(19)24(22(26)20-11-6-12-28-20)14-16-13-15-7-2-3-8-17(15)23-21(16)25/h2-13H,14H2,1H3,(H,23,25). The van der Waals surface area contributed by atoms with Crippen LogP contribution in [0.15, 0.2) is 76.9 Å². The molecule has 0 aliphatic rings. The molecule has 0 spiro atoms. The number of benzene rings is 2. The van der Waals surface area contributed by atoms with Gasteiger partial charge in [-0.2, -0.15) is 0 Å². The van der Waals surface area contributed by atoms with E-state index < -0.39 is 0 Å². The zero-order chi connectivity index (χ0) is 19.5. The molecule has 0 saturated heterocycles. The molecule has 0 aliphatic carbocycles. The first-order valence-electron chi connectivity index (χ1n) is 8.76. The number of nitrogens with one attached hydrogen (secondary N) is 1. The second kappa shape index (κ2) is 7.70. The molecule has 0 fully saturated rings. The number of para-hydroxylation sites is 3. The number of thiophene rings is 1. The minimum Gasteiger partial charge on any atom is -0.495 e. The number of hydrogen-bond donors (Lipinski definition) is 1. The van der Waals surface area contributed by atoms with Gasteiger partial charge in [-0.05, 0) is 41.1 Å². The van der Waals surface area contributed by atoms with Gasteiger partial charge in [-0.25, -0.2) is 0 Å². The van der Waals surface area contributed by atoms with Crippen LogP contribution in [-0.4, -0.2) is 18.0 Å². The molecule has 0 aliphatic heterocycles. The van der Waals surface area contributed by atoms with Gasteiger partial charge >= 0.3 is 0 Å². The maximum Gasteiger partial charge on any atom is 0.268 e. The molecule has 2 heterocycles. The van der Waals surface area contributed by atoms with Crippen molar-refractivity contribution >= 4 is 33.8 Å². The maximum atomic E-state index is 13.2. The van der Waals surface area contributed by atoms with E-state index in [0.717, 1.165) is 10.9 Å². The summed E-state index contributed by atoms with van der Waals surface area (Å²) < 4.78 is 5.46. The Bertz CT molecular complexity index is 1180. The van der Waals surface area contributed by atoms with Crippen molar-refractivity contribution in [2.24, 2.45) is 0 Å². The molecule has 4 aromatic rings. The second-order valence-corrected chi connectivity index (χ2v) is 7.20. The highest BCUT2D eigenvalue weighted by atomic mass is 32.1. The zero-order valence-corrected chi connectivity index (χ0v) is 16.0. The van der Waals surface area contributed by atoms with Crippen molar-refractivity contribution in [2.45, 2.75) is 6.54 Å². The van der Waals surface area contributed by atoms with Gasteiger partial charge in [-0.15, -0.1) is 11.3 Å². The molecule has 0 atom stereocenters. The lowest BCUT2D eigenvalue weighted by atomic mass is 10.1. The first-order valence-corrected chi connectivity index (χ1v) is 9.64. The van der Waals surface area contributed by atoms with Crippen LogP contribution in [0.1, 0.15) is 15.2 Å². The number of H-pyrrole nitrogens is 1. The van der Waals surface area contributed by atoms with E-state index in [9.17, 15) is 9.59 Å². The van der Waals surface area contributed by atoms with E-state index in [-0.39, 0.29) is 18.0 Å². The molecular formula is C22H18N2O3S. The first-order chi connectivity index (χ1) is 13.7. The molecule has 2 aromatic carbocycles. The average Bonchev–Trinajstić information content (AvgIpc) is 3.26. The van der Waals surface area contributed by atoms with Gasteiger partial charge in [0.2, 0.25) is 0 Å². The number of hydrogen-bond acceptors (Lipinski definition) is 4. The number of methoxy groups -OCH3 is 1. The zero-order valence-electron chi connectivity index (χ0n) is 15.2. The fourth-order valence-electron chi connectivity index (χ4n) is 3.13. The van der Waals surface area contributed by atoms with Gasteiger partial charge < -0.3 is 9.72 Å². The summed E-state index contributed by atoms with van der Waals surface area (Å²) in [4.78, 5) is 30.9. The minimum atomic E-state index is -0.211. The Morgan fingerprint density at radius 1 is 1.07 bits per heavy atom. The molecule has 4 rings (SSSR count). The fraction of sp³-hybridized carbons (Fsp3) is 0.0909. The van der Waals surface area contributed by atoms with E-state index in [1.54, 1.807) is 24.1 Å². The number of pyridine rings is 1. The largest absolute Gasteiger partial charge is 0.495 e. The normalized spacial score (nSPS) is 10.8. The Hall–Kier alpha value is -3.38. The lowest BCUT2D eigenvalue weighted by molar-refractivity contribution is 0.0988. The topological polar surface area (TPSA) is 62.4 Å². The lowest BCUT2D eigenvalue weighted by Crippen LogP contribution is -2.32. The predicted octanol–water partition coefficient (Wildman–Crippen LogP) is 4.45. The van der Waals surface area contributed by atoms with Gasteiger partial charge in [-0.1, -0.05) is 36.4 Å². The van der Waals surface area contributed by atoms with Crippen LogP contribution in [0.4, 0.5) is 5.69 Å². The van der Waals surface area contributed by atoms with Gasteiger partial charge in [0.05, 0.1) is 24.2 Å². The Morgan fingerprint density at radius 2 is 1.86 bits per heavy atom. The van der Waals surface area contributed by atoms with Crippen molar-refractivity contribution in [1.82, 2.24) is 4.98 Å². The molecule has 1 amide bonds. The highest BCUT2D eigenvalue weighted by molar-refractivity contribution is 7.12. The SMILES string of the molecule is COc1ccccc1N(Cc1cc2ccccc2[nH]c1=O)C(=O)c1cccs1. The number of aromatic nitrogens is 1. The van der Waals surface area contributed by atoms with Gasteiger partial charge in [0, 0.05) is 11.1 Å². The van der Waals surface area contributed by atoms with E-state index in [4.69, 9.17) is 4.74 Å². The quantitative estimate of drug-likeness (QED) is 0.548. The molecule has 28 heavy (non-hydrogen) atoms. The number of amides is 1. The molecular weight excluding hydrogens is 372 g/mol. The van der Waals surface area contributed by atoms with Crippen LogP contribution in [0.25, 0.3) is 10.9 Å². The maximum absolute atomic E-state index is 13.2. The van der Waals surface area contributed by atoms with Crippen molar-refractivity contribution in [3.05, 3.63) is 92.9 Å². The van der Waals surface area contributed by atoms with Crippen LogP contribution >= 0.6 is 11.3 Å². The Morgan fingerprint density at radius 3 is 2.64 bits per heavy atom. The van der Waals surface area contributed by atoms with Crippen molar-refractivity contribution in [3.63, 3.8) is 0 Å². The highest BCUT2D eigenvalue weighted by Gasteiger charge is 2.23. The first kappa shape index (κ1) is 18.0. The summed E-state index contributed by atoms with van der Waals surface area (Å²) in [6.07, 6.45) is 0. The third-order valence-electron chi connectivity index (χ3n) is 4.51. The third kappa shape index (κ3) is 3.42. The van der Waals surface area contributed by atoms with Crippen LogP contribution in [-0.2, 0) is 6.54 Å². The van der Waals surface area contributed by atoms with Gasteiger partial charge in [0.25, 0.3) is 11.5 Å². The van der Waals surface area contributed by atoms with Crippen LogP contribution in [0.3, 0.4) is 0 Å². The third-order valence-corrected chi connectivity index (χ3v) is 5.37. The lowest BCUT2D eigenvalue weighted by Gasteiger charge is -2.24. The summed E-state index contributed by atoms with van der Waals surface area (Å²) >= 11 is 1.37. The van der Waals surface area contributed by atoms with Crippen LogP contribution in [0, 0.1) is 0 Å². The summed E-state index contributed by atoms with van der Waals surface area (Å²) in [5.41, 5.74) is 1.69. The number of carbonyl (C=O) groups is 1. The Labute approximate surface area is 165 Å². The highest BCUT2D eigenvalue weighted by Crippen LogP contribution is 2.31.